The maximum atomic E-state index is 5.86. The van der Waals surface area contributed by atoms with E-state index in [0.29, 0.717) is 0 Å². The van der Waals surface area contributed by atoms with Crippen molar-refractivity contribution < 1.29 is 4.74 Å². The van der Waals surface area contributed by atoms with Crippen LogP contribution >= 0.6 is 11.8 Å². The van der Waals surface area contributed by atoms with Crippen molar-refractivity contribution in [3.05, 3.63) is 65.7 Å². The molecular weight excluding hydrogens is 290 g/mol. The highest BCUT2D eigenvalue weighted by Gasteiger charge is 2.19. The van der Waals surface area contributed by atoms with Gasteiger partial charge in [0.25, 0.3) is 0 Å². The van der Waals surface area contributed by atoms with Gasteiger partial charge in [-0.1, -0.05) is 48.5 Å². The van der Waals surface area contributed by atoms with E-state index < -0.39 is 0 Å². The predicted octanol–water partition coefficient (Wildman–Crippen LogP) is 5.24. The van der Waals surface area contributed by atoms with Crippen molar-refractivity contribution in [2.24, 2.45) is 4.99 Å². The number of benzene rings is 2. The van der Waals surface area contributed by atoms with Crippen LogP contribution in [0.5, 0.6) is 0 Å². The summed E-state index contributed by atoms with van der Waals surface area (Å²) in [5, 5.41) is 0. The molecule has 22 heavy (non-hydrogen) atoms. The summed E-state index contributed by atoms with van der Waals surface area (Å²) in [7, 11) is 0. The Bertz CT molecular complexity index is 684. The lowest BCUT2D eigenvalue weighted by Gasteiger charge is -2.23. The van der Waals surface area contributed by atoms with Gasteiger partial charge >= 0.3 is 0 Å². The summed E-state index contributed by atoms with van der Waals surface area (Å²) < 4.78 is 5.86. The van der Waals surface area contributed by atoms with Crippen molar-refractivity contribution in [2.45, 2.75) is 18.8 Å². The molecule has 1 aliphatic heterocycles. The number of para-hydroxylation sites is 1. The van der Waals surface area contributed by atoms with Crippen LogP contribution in [-0.4, -0.2) is 18.2 Å². The molecule has 1 aliphatic rings. The van der Waals surface area contributed by atoms with Crippen LogP contribution in [-0.2, 0) is 4.74 Å². The van der Waals surface area contributed by atoms with E-state index in [1.54, 1.807) is 0 Å². The summed E-state index contributed by atoms with van der Waals surface area (Å²) in [4.78, 5) is 4.58. The van der Waals surface area contributed by atoms with Gasteiger partial charge in [0.2, 0.25) is 0 Å². The van der Waals surface area contributed by atoms with E-state index in [1.165, 1.54) is 0 Å². The number of thioether (sulfide) groups is 1. The lowest BCUT2D eigenvalue weighted by molar-refractivity contribution is 0.107. The van der Waals surface area contributed by atoms with Crippen LogP contribution in [0.2, 0.25) is 0 Å². The molecule has 2 nitrogen and oxygen atoms in total. The van der Waals surface area contributed by atoms with Crippen LogP contribution in [0.25, 0.3) is 5.57 Å². The molecule has 1 fully saturated rings. The second-order valence-corrected chi connectivity index (χ2v) is 6.37. The predicted molar refractivity (Wildman–Crippen MR) is 94.8 cm³/mol. The molecule has 0 aliphatic carbocycles. The van der Waals surface area contributed by atoms with Gasteiger partial charge in [-0.05, 0) is 36.6 Å². The van der Waals surface area contributed by atoms with E-state index in [9.17, 15) is 0 Å². The third-order valence-corrected chi connectivity index (χ3v) is 4.79. The Kier molecular flexibility index (Phi) is 5.12. The van der Waals surface area contributed by atoms with Crippen LogP contribution < -0.4 is 0 Å². The van der Waals surface area contributed by atoms with Gasteiger partial charge in [0.05, 0.1) is 5.69 Å². The summed E-state index contributed by atoms with van der Waals surface area (Å²) in [6.45, 7) is 2.86. The highest BCUT2D eigenvalue weighted by molar-refractivity contribution is 7.99. The van der Waals surface area contributed by atoms with Crippen LogP contribution in [0, 0.1) is 0 Å². The quantitative estimate of drug-likeness (QED) is 0.723. The average Bonchev–Trinajstić information content (AvgIpc) is 2.61. The van der Waals surface area contributed by atoms with Crippen molar-refractivity contribution in [1.29, 1.82) is 0 Å². The highest BCUT2D eigenvalue weighted by atomic mass is 32.2. The Balaban J connectivity index is 1.90. The van der Waals surface area contributed by atoms with Crippen LogP contribution in [0.1, 0.15) is 29.9 Å². The molecule has 2 aromatic carbocycles. The lowest BCUT2D eigenvalue weighted by atomic mass is 10.1. The van der Waals surface area contributed by atoms with E-state index in [4.69, 9.17) is 4.74 Å². The molecule has 1 heterocycles. The first-order valence-corrected chi connectivity index (χ1v) is 8.57. The zero-order valence-corrected chi connectivity index (χ0v) is 13.5. The van der Waals surface area contributed by atoms with Crippen LogP contribution in [0.4, 0.5) is 5.69 Å². The highest BCUT2D eigenvalue weighted by Crippen LogP contribution is 2.38. The molecule has 0 radical (unpaired) electrons. The number of aliphatic imine (C=N–C) groups is 1. The fourth-order valence-corrected chi connectivity index (χ4v) is 3.42. The molecule has 1 saturated heterocycles. The second-order valence-electron chi connectivity index (χ2n) is 5.20. The third kappa shape index (κ3) is 3.69. The Hall–Kier alpha value is -1.80. The molecule has 0 bridgehead atoms. The van der Waals surface area contributed by atoms with Crippen LogP contribution in [0.3, 0.4) is 0 Å². The van der Waals surface area contributed by atoms with Crippen LogP contribution in [0.15, 0.2) is 59.6 Å². The Morgan fingerprint density at radius 2 is 1.91 bits per heavy atom. The molecular formula is C19H19NOS. The number of allylic oxidation sites excluding steroid dienone is 1. The van der Waals surface area contributed by atoms with Gasteiger partial charge in [-0.15, -0.1) is 11.8 Å². The molecule has 0 amide bonds. The first-order chi connectivity index (χ1) is 10.8. The number of hydrogen-bond donors (Lipinski definition) is 0. The minimum atomic E-state index is 0.0903. The van der Waals surface area contributed by atoms with Gasteiger partial charge < -0.3 is 4.74 Å². The molecule has 3 heteroatoms. The van der Waals surface area contributed by atoms with Gasteiger partial charge in [-0.3, -0.25) is 0 Å². The fourth-order valence-electron chi connectivity index (χ4n) is 2.35. The molecule has 112 valence electrons. The van der Waals surface area contributed by atoms with Gasteiger partial charge in [0.1, 0.15) is 5.44 Å². The normalized spacial score (nSPS) is 17.6. The van der Waals surface area contributed by atoms with Gasteiger partial charge in [0, 0.05) is 17.7 Å². The minimum absolute atomic E-state index is 0.0903. The van der Waals surface area contributed by atoms with E-state index in [0.717, 1.165) is 41.2 Å². The average molecular weight is 309 g/mol. The summed E-state index contributed by atoms with van der Waals surface area (Å²) in [6.07, 6.45) is 1.12. The molecule has 3 rings (SSSR count). The van der Waals surface area contributed by atoms with Crippen molar-refractivity contribution in [3.63, 3.8) is 0 Å². The lowest BCUT2D eigenvalue weighted by Crippen LogP contribution is -2.09. The molecule has 1 unspecified atom stereocenters. The Morgan fingerprint density at radius 3 is 2.68 bits per heavy atom. The number of ether oxygens (including phenoxy) is 1. The third-order valence-electron chi connectivity index (χ3n) is 3.57. The van der Waals surface area contributed by atoms with Gasteiger partial charge in [-0.2, -0.15) is 0 Å². The first-order valence-electron chi connectivity index (χ1n) is 7.52. The molecule has 0 aromatic heterocycles. The monoisotopic (exact) mass is 309 g/mol. The maximum absolute atomic E-state index is 5.86. The topological polar surface area (TPSA) is 21.6 Å². The summed E-state index contributed by atoms with van der Waals surface area (Å²) in [6, 6.07) is 18.4. The fraction of sp³-hybridized carbons (Fsp3) is 0.263. The molecule has 2 aromatic rings. The standard InChI is InChI=1S/C19H19NOS/c1-15(16-8-3-2-4-9-16)14-20-18-11-6-5-10-17(18)19-21-12-7-13-22-19/h2-6,8-11,19H,7,12-13H2,1H3. The zero-order valence-electron chi connectivity index (χ0n) is 12.7. The zero-order chi connectivity index (χ0) is 15.2. The van der Waals surface area contributed by atoms with Crippen molar-refractivity contribution in [3.8, 4) is 0 Å². The summed E-state index contributed by atoms with van der Waals surface area (Å²) in [5.74, 6) is 4.31. The number of hydrogen-bond acceptors (Lipinski definition) is 3. The first kappa shape index (κ1) is 15.1. The van der Waals surface area contributed by atoms with E-state index in [1.807, 2.05) is 55.1 Å². The summed E-state index contributed by atoms with van der Waals surface area (Å²) >= 11 is 1.84. The Morgan fingerprint density at radius 1 is 1.14 bits per heavy atom. The van der Waals surface area contributed by atoms with E-state index >= 15 is 0 Å². The van der Waals surface area contributed by atoms with E-state index in [-0.39, 0.29) is 5.44 Å². The van der Waals surface area contributed by atoms with Crippen molar-refractivity contribution >= 4 is 28.9 Å². The van der Waals surface area contributed by atoms with Gasteiger partial charge in [-0.25, -0.2) is 4.99 Å². The molecule has 1 atom stereocenters. The van der Waals surface area contributed by atoms with Crippen molar-refractivity contribution in [1.82, 2.24) is 0 Å². The minimum Gasteiger partial charge on any atom is -0.363 e. The number of rotatable bonds is 3. The van der Waals surface area contributed by atoms with E-state index in [2.05, 4.69) is 29.1 Å². The Labute approximate surface area is 135 Å². The van der Waals surface area contributed by atoms with Gasteiger partial charge in [0.15, 0.2) is 0 Å². The molecule has 0 saturated carbocycles. The largest absolute Gasteiger partial charge is 0.363 e. The maximum Gasteiger partial charge on any atom is 0.130 e. The molecule has 0 N–H and O–H groups in total. The number of nitrogens with zero attached hydrogens (tertiary/aromatic N) is 1. The SMILES string of the molecule is CC(=C=Nc1ccccc1C1OCCCS1)c1ccccc1. The summed E-state index contributed by atoms with van der Waals surface area (Å²) in [5.41, 5.74) is 4.35. The van der Waals surface area contributed by atoms with Crippen molar-refractivity contribution in [2.75, 3.05) is 12.4 Å². The second kappa shape index (κ2) is 7.46. The smallest absolute Gasteiger partial charge is 0.130 e. The molecule has 0 spiro atoms.